The van der Waals surface area contributed by atoms with Crippen molar-refractivity contribution in [3.8, 4) is 11.6 Å². The van der Waals surface area contributed by atoms with Crippen LogP contribution in [0.15, 0.2) is 65.5 Å². The number of nitrogen functional groups attached to an aromatic ring is 1. The molecule has 2 aromatic heterocycles. The van der Waals surface area contributed by atoms with Gasteiger partial charge in [0.2, 0.25) is 12.1 Å². The first kappa shape index (κ1) is 17.7. The molecule has 0 aliphatic carbocycles. The van der Waals surface area contributed by atoms with Crippen molar-refractivity contribution in [1.82, 2.24) is 4.98 Å². The first-order chi connectivity index (χ1) is 14.1. The molecule has 0 spiro atoms. The van der Waals surface area contributed by atoms with E-state index in [0.29, 0.717) is 11.7 Å². The molecule has 1 atom stereocenters. The number of furan rings is 1. The van der Waals surface area contributed by atoms with Crippen LogP contribution in [0.25, 0.3) is 10.8 Å². The lowest BCUT2D eigenvalue weighted by Gasteiger charge is -2.26. The van der Waals surface area contributed by atoms with E-state index in [1.165, 1.54) is 4.90 Å². The Labute approximate surface area is 169 Å². The summed E-state index contributed by atoms with van der Waals surface area (Å²) in [6, 6.07) is 16.3. The van der Waals surface area contributed by atoms with E-state index in [1.807, 2.05) is 28.8 Å². The van der Waals surface area contributed by atoms with Crippen LogP contribution in [0.4, 0.5) is 5.82 Å². The third-order valence-electron chi connectivity index (χ3n) is 5.52. The van der Waals surface area contributed by atoms with Crippen LogP contribution in [0.5, 0.6) is 11.6 Å². The van der Waals surface area contributed by atoms with Gasteiger partial charge >= 0.3 is 5.88 Å². The fourth-order valence-electron chi connectivity index (χ4n) is 4.00. The number of nitrogens with two attached hydrogens (primary N) is 1. The largest absolute Gasteiger partial charge is 0.468 e. The number of aromatic nitrogens is 2. The van der Waals surface area contributed by atoms with Gasteiger partial charge in [0, 0.05) is 10.9 Å². The summed E-state index contributed by atoms with van der Waals surface area (Å²) in [6.45, 7) is 1.73. The normalized spacial score (nSPS) is 15.2. The van der Waals surface area contributed by atoms with Gasteiger partial charge in [0.15, 0.2) is 0 Å². The lowest BCUT2D eigenvalue weighted by Crippen LogP contribution is -3.06. The lowest BCUT2D eigenvalue weighted by molar-refractivity contribution is -0.882. The molecular formula is C23H24N4O2+2. The van der Waals surface area contributed by atoms with Gasteiger partial charge in [-0.1, -0.05) is 41.4 Å². The molecule has 3 heterocycles. The molecule has 29 heavy (non-hydrogen) atoms. The fraction of sp³-hybridized carbons (Fsp3) is 0.217. The van der Waals surface area contributed by atoms with Crippen molar-refractivity contribution < 1.29 is 18.6 Å². The molecule has 2 aromatic carbocycles. The van der Waals surface area contributed by atoms with Gasteiger partial charge in [0.05, 0.1) is 26.3 Å². The zero-order chi connectivity index (χ0) is 20.0. The molecule has 1 aliphatic rings. The monoisotopic (exact) mass is 388 g/mol. The second-order valence-corrected chi connectivity index (χ2v) is 7.75. The summed E-state index contributed by atoms with van der Waals surface area (Å²) in [5.41, 5.74) is 8.55. The summed E-state index contributed by atoms with van der Waals surface area (Å²) in [5, 5.41) is 2.18. The van der Waals surface area contributed by atoms with Gasteiger partial charge in [-0.25, -0.2) is 4.57 Å². The highest BCUT2D eigenvalue weighted by atomic mass is 16.5. The van der Waals surface area contributed by atoms with E-state index in [9.17, 15) is 0 Å². The predicted octanol–water partition coefficient (Wildman–Crippen LogP) is 2.13. The van der Waals surface area contributed by atoms with Crippen molar-refractivity contribution in [3.05, 3.63) is 78.0 Å². The number of rotatable bonds is 4. The quantitative estimate of drug-likeness (QED) is 0.463. The molecule has 6 heteroatoms. The molecule has 0 fully saturated rings. The zero-order valence-corrected chi connectivity index (χ0v) is 16.6. The van der Waals surface area contributed by atoms with Crippen LogP contribution in [-0.4, -0.2) is 25.6 Å². The maximum atomic E-state index is 6.65. The Hall–Kier alpha value is -3.38. The molecule has 146 valence electrons. The molecular weight excluding hydrogens is 364 g/mol. The van der Waals surface area contributed by atoms with Crippen LogP contribution in [0.2, 0.25) is 0 Å². The number of fused-ring (bicyclic) bond motifs is 4. The molecule has 5 rings (SSSR count). The molecule has 0 radical (unpaired) electrons. The van der Waals surface area contributed by atoms with Gasteiger partial charge in [0.1, 0.15) is 30.2 Å². The maximum absolute atomic E-state index is 6.65. The number of anilines is 1. The zero-order valence-electron chi connectivity index (χ0n) is 16.6. The number of benzene rings is 2. The molecule has 3 N–H and O–H groups in total. The van der Waals surface area contributed by atoms with E-state index >= 15 is 0 Å². The van der Waals surface area contributed by atoms with E-state index in [4.69, 9.17) is 14.9 Å². The van der Waals surface area contributed by atoms with Crippen LogP contribution in [0, 0.1) is 0 Å². The van der Waals surface area contributed by atoms with Gasteiger partial charge < -0.3 is 19.8 Å². The minimum Gasteiger partial charge on any atom is -0.468 e. The number of nitrogens with one attached hydrogen (secondary N) is 1. The van der Waals surface area contributed by atoms with Crippen molar-refractivity contribution in [2.45, 2.75) is 12.5 Å². The Morgan fingerprint density at radius 1 is 1.10 bits per heavy atom. The van der Waals surface area contributed by atoms with Crippen molar-refractivity contribution in [2.75, 3.05) is 26.4 Å². The predicted molar refractivity (Wildman–Crippen MR) is 110 cm³/mol. The van der Waals surface area contributed by atoms with Gasteiger partial charge in [-0.2, -0.15) is 0 Å². The van der Waals surface area contributed by atoms with Gasteiger partial charge in [0.25, 0.3) is 0 Å². The highest BCUT2D eigenvalue weighted by Crippen LogP contribution is 2.50. The average Bonchev–Trinajstić information content (AvgIpc) is 3.26. The Bertz CT molecular complexity index is 1190. The number of hydrogen-bond acceptors (Lipinski definition) is 4. The second-order valence-electron chi connectivity index (χ2n) is 7.75. The maximum Gasteiger partial charge on any atom is 0.306 e. The first-order valence-corrected chi connectivity index (χ1v) is 9.83. The highest BCUT2D eigenvalue weighted by Gasteiger charge is 2.38. The Balaban J connectivity index is 1.72. The minimum atomic E-state index is -0.167. The van der Waals surface area contributed by atoms with Crippen LogP contribution >= 0.6 is 0 Å². The number of quaternary nitrogens is 1. The Kier molecular flexibility index (Phi) is 4.21. The number of likely N-dealkylation sites (N-methyl/N-ethyl adjacent to an activating group) is 1. The average molecular weight is 388 g/mol. The molecule has 1 aliphatic heterocycles. The van der Waals surface area contributed by atoms with Gasteiger partial charge in [-0.05, 0) is 17.5 Å². The topological polar surface area (TPSA) is 69.6 Å². The second kappa shape index (κ2) is 6.90. The number of hydrogen-bond donors (Lipinski definition) is 2. The van der Waals surface area contributed by atoms with E-state index < -0.39 is 0 Å². The van der Waals surface area contributed by atoms with Crippen LogP contribution in [0.3, 0.4) is 0 Å². The minimum absolute atomic E-state index is 0.167. The van der Waals surface area contributed by atoms with Gasteiger partial charge in [-0.15, -0.1) is 0 Å². The highest BCUT2D eigenvalue weighted by molar-refractivity contribution is 5.91. The Morgan fingerprint density at radius 2 is 1.97 bits per heavy atom. The van der Waals surface area contributed by atoms with E-state index in [2.05, 4.69) is 43.3 Å². The molecule has 0 bridgehead atoms. The SMILES string of the molecule is C[NH+](C)CC[n+]1cnc2c(c1N)[C@@H](c1ccco1)c1ccc3ccccc3c1O2. The van der Waals surface area contributed by atoms with Crippen LogP contribution in [-0.2, 0) is 6.54 Å². The summed E-state index contributed by atoms with van der Waals surface area (Å²) in [6.07, 6.45) is 3.47. The fourth-order valence-corrected chi connectivity index (χ4v) is 4.00. The van der Waals surface area contributed by atoms with Crippen molar-refractivity contribution in [1.29, 1.82) is 0 Å². The number of ether oxygens (including phenoxy) is 1. The van der Waals surface area contributed by atoms with Crippen molar-refractivity contribution in [3.63, 3.8) is 0 Å². The Morgan fingerprint density at radius 3 is 2.76 bits per heavy atom. The third-order valence-corrected chi connectivity index (χ3v) is 5.52. The van der Waals surface area contributed by atoms with E-state index in [0.717, 1.165) is 46.5 Å². The summed E-state index contributed by atoms with van der Waals surface area (Å²) in [7, 11) is 4.25. The van der Waals surface area contributed by atoms with Crippen molar-refractivity contribution in [2.24, 2.45) is 0 Å². The molecule has 0 unspecified atom stereocenters. The molecule has 0 amide bonds. The molecule has 6 nitrogen and oxygen atoms in total. The van der Waals surface area contributed by atoms with E-state index in [1.54, 1.807) is 12.6 Å². The van der Waals surface area contributed by atoms with Crippen LogP contribution in [0.1, 0.15) is 22.8 Å². The third kappa shape index (κ3) is 2.93. The standard InChI is InChI=1S/C23H22N4O2/c1-26(2)11-12-27-14-25-23-20(22(27)24)19(18-8-5-13-28-18)17-10-9-15-6-3-4-7-16(15)21(17)29-23/h3-10,13-14,19,24H,11-12H2,1-2H3/p+2/t19-/m1/s1. The summed E-state index contributed by atoms with van der Waals surface area (Å²) in [4.78, 5) is 5.99. The molecule has 4 aromatic rings. The molecule has 0 saturated heterocycles. The summed E-state index contributed by atoms with van der Waals surface area (Å²) in [5.74, 6) is 2.69. The lowest BCUT2D eigenvalue weighted by atomic mass is 9.86. The summed E-state index contributed by atoms with van der Waals surface area (Å²) >= 11 is 0. The smallest absolute Gasteiger partial charge is 0.306 e. The van der Waals surface area contributed by atoms with Crippen molar-refractivity contribution >= 4 is 16.6 Å². The summed E-state index contributed by atoms with van der Waals surface area (Å²) < 4.78 is 14.2. The van der Waals surface area contributed by atoms with E-state index in [-0.39, 0.29) is 5.92 Å². The molecule has 0 saturated carbocycles. The van der Waals surface area contributed by atoms with Gasteiger partial charge in [-0.3, -0.25) is 0 Å². The van der Waals surface area contributed by atoms with Crippen LogP contribution < -0.4 is 19.9 Å². The first-order valence-electron chi connectivity index (χ1n) is 9.83. The number of nitrogens with zero attached hydrogens (tertiary/aromatic N) is 2.